The van der Waals surface area contributed by atoms with Crippen molar-refractivity contribution in [2.45, 2.75) is 56.7 Å². The lowest BCUT2D eigenvalue weighted by molar-refractivity contribution is -0.142. The van der Waals surface area contributed by atoms with Gasteiger partial charge in [0.25, 0.3) is 0 Å². The minimum atomic E-state index is -4.60. The Bertz CT molecular complexity index is 1440. The standard InChI is InChI=1S/C28H24F4N2O3/c1-27(2)10-18(15-4-3-5-33-25(15)28(30,31)32)16-7-14(21(29)9-20(16)27)12-37-22-8-13-6-17-23(19(13)11-34-22)24(17)26(35)36/h3-5,7-9,11,17-18,23-24H,6,10,12H2,1-2H3,(H,35,36)/t17-,18?,23-,24+/m1/s1. The van der Waals surface area contributed by atoms with Crippen LogP contribution in [-0.2, 0) is 29.4 Å². The molecule has 0 aliphatic heterocycles. The fourth-order valence-corrected chi connectivity index (χ4v) is 6.40. The molecule has 5 nitrogen and oxygen atoms in total. The van der Waals surface area contributed by atoms with Gasteiger partial charge in [0, 0.05) is 35.9 Å². The van der Waals surface area contributed by atoms with E-state index in [-0.39, 0.29) is 35.5 Å². The number of hydrogen-bond donors (Lipinski definition) is 1. The molecule has 1 unspecified atom stereocenters. The first-order chi connectivity index (χ1) is 17.5. The van der Waals surface area contributed by atoms with Crippen molar-refractivity contribution in [1.29, 1.82) is 0 Å². The number of carboxylic acids is 1. The van der Waals surface area contributed by atoms with Gasteiger partial charge < -0.3 is 9.84 Å². The molecule has 1 saturated carbocycles. The SMILES string of the molecule is CC1(C)CC(c2cccnc2C(F)(F)F)c2cc(COc3cc4c(cn3)[C@H]3[C@@H](C4)[C@@H]3C(=O)O)c(F)cc21. The second kappa shape index (κ2) is 8.00. The average molecular weight is 513 g/mol. The Labute approximate surface area is 210 Å². The van der Waals surface area contributed by atoms with Gasteiger partial charge in [0.2, 0.25) is 5.88 Å². The summed E-state index contributed by atoms with van der Waals surface area (Å²) in [6.07, 6.45) is -0.789. The van der Waals surface area contributed by atoms with Crippen molar-refractivity contribution in [2.24, 2.45) is 11.8 Å². The third kappa shape index (κ3) is 3.86. The predicted octanol–water partition coefficient (Wildman–Crippen LogP) is 6.00. The van der Waals surface area contributed by atoms with Crippen LogP contribution in [0.1, 0.15) is 71.2 Å². The molecule has 1 aromatic carbocycles. The number of carboxylic acid groups (broad SMARTS) is 1. The summed E-state index contributed by atoms with van der Waals surface area (Å²) in [5.41, 5.74) is 2.11. The number of aromatic nitrogens is 2. The van der Waals surface area contributed by atoms with Crippen LogP contribution in [0.2, 0.25) is 0 Å². The largest absolute Gasteiger partial charge is 0.481 e. The summed E-state index contributed by atoms with van der Waals surface area (Å²) < 4.78 is 62.1. The maximum absolute atomic E-state index is 15.1. The summed E-state index contributed by atoms with van der Waals surface area (Å²) in [4.78, 5) is 19.2. The van der Waals surface area contributed by atoms with E-state index in [0.717, 1.165) is 17.3 Å². The number of pyridine rings is 2. The third-order valence-electron chi connectivity index (χ3n) is 8.16. The summed E-state index contributed by atoms with van der Waals surface area (Å²) in [7, 11) is 0. The number of halogens is 4. The van der Waals surface area contributed by atoms with Crippen LogP contribution in [0.25, 0.3) is 0 Å². The topological polar surface area (TPSA) is 72.3 Å². The molecule has 2 aromatic heterocycles. The Balaban J connectivity index is 1.28. The smallest absolute Gasteiger partial charge is 0.433 e. The van der Waals surface area contributed by atoms with E-state index in [0.29, 0.717) is 29.8 Å². The van der Waals surface area contributed by atoms with E-state index in [9.17, 15) is 23.1 Å². The predicted molar refractivity (Wildman–Crippen MR) is 125 cm³/mol. The van der Waals surface area contributed by atoms with Crippen LogP contribution in [0.3, 0.4) is 0 Å². The Morgan fingerprint density at radius 1 is 1.16 bits per heavy atom. The minimum absolute atomic E-state index is 0.00226. The zero-order valence-corrected chi connectivity index (χ0v) is 20.1. The van der Waals surface area contributed by atoms with Crippen LogP contribution in [0.5, 0.6) is 5.88 Å². The molecule has 0 bridgehead atoms. The van der Waals surface area contributed by atoms with Gasteiger partial charge in [0.15, 0.2) is 0 Å². The molecule has 4 atom stereocenters. The molecule has 3 aromatic rings. The van der Waals surface area contributed by atoms with Gasteiger partial charge in [0.1, 0.15) is 18.1 Å². The molecule has 6 rings (SSSR count). The Morgan fingerprint density at radius 2 is 1.95 bits per heavy atom. The van der Waals surface area contributed by atoms with E-state index in [1.807, 2.05) is 13.8 Å². The Morgan fingerprint density at radius 3 is 2.68 bits per heavy atom. The van der Waals surface area contributed by atoms with E-state index in [1.165, 1.54) is 18.2 Å². The van der Waals surface area contributed by atoms with E-state index >= 15 is 4.39 Å². The molecule has 3 aliphatic carbocycles. The Hall–Kier alpha value is -3.49. The lowest BCUT2D eigenvalue weighted by Gasteiger charge is -2.20. The van der Waals surface area contributed by atoms with Gasteiger partial charge in [-0.3, -0.25) is 9.78 Å². The van der Waals surface area contributed by atoms with Crippen molar-refractivity contribution in [3.8, 4) is 5.88 Å². The van der Waals surface area contributed by atoms with Gasteiger partial charge in [-0.05, 0) is 70.2 Å². The fraction of sp³-hybridized carbons (Fsp3) is 0.393. The molecule has 192 valence electrons. The monoisotopic (exact) mass is 512 g/mol. The number of benzene rings is 1. The maximum atomic E-state index is 15.1. The molecule has 9 heteroatoms. The summed E-state index contributed by atoms with van der Waals surface area (Å²) >= 11 is 0. The number of aliphatic carboxylic acids is 1. The van der Waals surface area contributed by atoms with Crippen molar-refractivity contribution in [2.75, 3.05) is 0 Å². The highest BCUT2D eigenvalue weighted by molar-refractivity contribution is 5.77. The molecule has 0 radical (unpaired) electrons. The second-order valence-electron chi connectivity index (χ2n) is 10.9. The highest BCUT2D eigenvalue weighted by Gasteiger charge is 2.60. The van der Waals surface area contributed by atoms with Gasteiger partial charge in [-0.25, -0.2) is 9.37 Å². The number of nitrogens with zero attached hydrogens (tertiary/aromatic N) is 2. The van der Waals surface area contributed by atoms with Crippen molar-refractivity contribution in [1.82, 2.24) is 9.97 Å². The van der Waals surface area contributed by atoms with Gasteiger partial charge >= 0.3 is 12.1 Å². The molecule has 0 amide bonds. The first kappa shape index (κ1) is 23.9. The minimum Gasteiger partial charge on any atom is -0.481 e. The average Bonchev–Trinajstić information content (AvgIpc) is 3.33. The summed E-state index contributed by atoms with van der Waals surface area (Å²) in [6, 6.07) is 7.72. The number of carbonyl (C=O) groups is 1. The van der Waals surface area contributed by atoms with Gasteiger partial charge in [0.05, 0.1) is 5.92 Å². The summed E-state index contributed by atoms with van der Waals surface area (Å²) in [5.74, 6) is -1.82. The normalized spacial score (nSPS) is 24.8. The van der Waals surface area contributed by atoms with E-state index in [1.54, 1.807) is 18.3 Å². The number of rotatable bonds is 5. The lowest BCUT2D eigenvalue weighted by Crippen LogP contribution is -2.16. The van der Waals surface area contributed by atoms with Crippen LogP contribution < -0.4 is 4.74 Å². The van der Waals surface area contributed by atoms with Crippen molar-refractivity contribution < 1.29 is 32.2 Å². The molecular weight excluding hydrogens is 488 g/mol. The number of hydrogen-bond acceptors (Lipinski definition) is 4. The second-order valence-corrected chi connectivity index (χ2v) is 10.9. The van der Waals surface area contributed by atoms with Crippen molar-refractivity contribution in [3.63, 3.8) is 0 Å². The summed E-state index contributed by atoms with van der Waals surface area (Å²) in [6.45, 7) is 3.67. The molecule has 3 aliphatic rings. The number of ether oxygens (including phenoxy) is 1. The van der Waals surface area contributed by atoms with Crippen molar-refractivity contribution >= 4 is 5.97 Å². The molecule has 37 heavy (non-hydrogen) atoms. The zero-order valence-electron chi connectivity index (χ0n) is 20.1. The van der Waals surface area contributed by atoms with Crippen molar-refractivity contribution in [3.05, 3.63) is 87.6 Å². The summed E-state index contributed by atoms with van der Waals surface area (Å²) in [5, 5.41) is 9.28. The molecule has 1 N–H and O–H groups in total. The number of fused-ring (bicyclic) bond motifs is 4. The van der Waals surface area contributed by atoms with E-state index in [4.69, 9.17) is 4.74 Å². The molecule has 2 heterocycles. The molecule has 1 fully saturated rings. The molecule has 0 saturated heterocycles. The highest BCUT2D eigenvalue weighted by atomic mass is 19.4. The van der Waals surface area contributed by atoms with Gasteiger partial charge in [-0.15, -0.1) is 0 Å². The highest BCUT2D eigenvalue weighted by Crippen LogP contribution is 2.61. The van der Waals surface area contributed by atoms with Crippen LogP contribution >= 0.6 is 0 Å². The van der Waals surface area contributed by atoms with E-state index in [2.05, 4.69) is 9.97 Å². The first-order valence-corrected chi connectivity index (χ1v) is 12.1. The first-order valence-electron chi connectivity index (χ1n) is 12.1. The van der Waals surface area contributed by atoms with Crippen LogP contribution in [0.4, 0.5) is 17.6 Å². The van der Waals surface area contributed by atoms with Crippen LogP contribution in [0, 0.1) is 17.7 Å². The van der Waals surface area contributed by atoms with E-state index < -0.39 is 35.0 Å². The van der Waals surface area contributed by atoms with Crippen LogP contribution in [0.15, 0.2) is 42.7 Å². The molecule has 0 spiro atoms. The maximum Gasteiger partial charge on any atom is 0.433 e. The van der Waals surface area contributed by atoms with Gasteiger partial charge in [-0.1, -0.05) is 19.9 Å². The van der Waals surface area contributed by atoms with Crippen LogP contribution in [-0.4, -0.2) is 21.0 Å². The van der Waals surface area contributed by atoms with Gasteiger partial charge in [-0.2, -0.15) is 13.2 Å². The lowest BCUT2D eigenvalue weighted by atomic mass is 9.84. The molecular formula is C28H24F4N2O3. The third-order valence-corrected chi connectivity index (χ3v) is 8.16. The quantitative estimate of drug-likeness (QED) is 0.425. The number of alkyl halides is 3. The zero-order chi connectivity index (χ0) is 26.3. The Kier molecular flexibility index (Phi) is 5.17. The fourth-order valence-electron chi connectivity index (χ4n) is 6.40.